The minimum atomic E-state index is -0.380. The van der Waals surface area contributed by atoms with Gasteiger partial charge < -0.3 is 5.32 Å². The lowest BCUT2D eigenvalue weighted by molar-refractivity contribution is -0.105. The molecule has 4 nitrogen and oxygen atoms in total. The molecular weight excluding hydrogens is 156 g/mol. The Kier molecular flexibility index (Phi) is 1.40. The molecule has 0 saturated carbocycles. The Morgan fingerprint density at radius 3 is 3.17 bits per heavy atom. The number of hydrogen-bond acceptors (Lipinski definition) is 2. The smallest absolute Gasteiger partial charge is 0.324 e. The molecule has 4 heteroatoms. The Balaban J connectivity index is 2.40. The second-order valence-corrected chi connectivity index (χ2v) is 2.56. The Labute approximate surface area is 68.7 Å². The number of carbonyl (C=O) groups excluding carboxylic acids is 2. The van der Waals surface area contributed by atoms with Gasteiger partial charge in [-0.2, -0.15) is 4.99 Å². The van der Waals surface area contributed by atoms with E-state index >= 15 is 0 Å². The van der Waals surface area contributed by atoms with Crippen LogP contribution in [-0.4, -0.2) is 24.1 Å². The van der Waals surface area contributed by atoms with Gasteiger partial charge in [0.25, 0.3) is 0 Å². The van der Waals surface area contributed by atoms with Crippen molar-refractivity contribution >= 4 is 18.0 Å². The van der Waals surface area contributed by atoms with Gasteiger partial charge in [0.1, 0.15) is 12.3 Å². The molecule has 0 spiro atoms. The molecule has 0 aromatic carbocycles. The minimum absolute atomic E-state index is 0.319. The summed E-state index contributed by atoms with van der Waals surface area (Å²) in [6, 6.07) is -0.700. The molecule has 60 valence electrons. The van der Waals surface area contributed by atoms with Gasteiger partial charge in [0, 0.05) is 5.57 Å². The fourth-order valence-corrected chi connectivity index (χ4v) is 1.26. The highest BCUT2D eigenvalue weighted by atomic mass is 16.2. The Morgan fingerprint density at radius 2 is 2.42 bits per heavy atom. The summed E-state index contributed by atoms with van der Waals surface area (Å²) in [5.41, 5.74) is 1.16. The molecule has 2 rings (SSSR count). The summed E-state index contributed by atoms with van der Waals surface area (Å²) >= 11 is 0. The maximum Gasteiger partial charge on any atom is 0.342 e. The van der Waals surface area contributed by atoms with Crippen LogP contribution in [0.2, 0.25) is 0 Å². The highest BCUT2D eigenvalue weighted by Crippen LogP contribution is 2.13. The summed E-state index contributed by atoms with van der Waals surface area (Å²) in [5, 5.41) is 2.56. The molecule has 0 bridgehead atoms. The number of aldehydes is 1. The number of amides is 2. The number of allylic oxidation sites excluding steroid dienone is 2. The highest BCUT2D eigenvalue weighted by molar-refractivity contribution is 6.15. The van der Waals surface area contributed by atoms with Gasteiger partial charge in [-0.15, -0.1) is 0 Å². The van der Waals surface area contributed by atoms with Crippen LogP contribution in [0.5, 0.6) is 0 Å². The topological polar surface area (TPSA) is 58.5 Å². The van der Waals surface area contributed by atoms with Crippen LogP contribution in [0.25, 0.3) is 0 Å². The number of nitrogens with zero attached hydrogens (tertiary/aromatic N) is 1. The van der Waals surface area contributed by atoms with Crippen LogP contribution < -0.4 is 5.32 Å². The number of aliphatic imine (C=N–C) groups is 1. The predicted molar refractivity (Wildman–Crippen MR) is 43.0 cm³/mol. The number of carbonyl (C=O) groups is 2. The highest BCUT2D eigenvalue weighted by Gasteiger charge is 2.28. The standard InChI is InChI=1S/C8H6N2O2/c11-4-5-2-1-3-6-7(5)10-8(12)9-6/h1-4,7H,(H,10,12). The molecule has 12 heavy (non-hydrogen) atoms. The number of fused-ring (bicyclic) bond motifs is 1. The quantitative estimate of drug-likeness (QED) is 0.560. The van der Waals surface area contributed by atoms with Crippen LogP contribution in [0.4, 0.5) is 4.79 Å². The zero-order valence-electron chi connectivity index (χ0n) is 6.15. The summed E-state index contributed by atoms with van der Waals surface area (Å²) in [4.78, 5) is 25.0. The first-order valence-electron chi connectivity index (χ1n) is 3.54. The molecule has 1 aliphatic carbocycles. The molecule has 0 fully saturated rings. The first-order valence-corrected chi connectivity index (χ1v) is 3.54. The van der Waals surface area contributed by atoms with Gasteiger partial charge in [-0.1, -0.05) is 12.2 Å². The van der Waals surface area contributed by atoms with E-state index in [2.05, 4.69) is 10.3 Å². The van der Waals surface area contributed by atoms with E-state index in [-0.39, 0.29) is 12.1 Å². The third kappa shape index (κ3) is 0.887. The molecule has 0 aromatic heterocycles. The van der Waals surface area contributed by atoms with Crippen molar-refractivity contribution in [3.63, 3.8) is 0 Å². The average Bonchev–Trinajstić information content (AvgIpc) is 2.44. The molecule has 2 amide bonds. The summed E-state index contributed by atoms with van der Waals surface area (Å²) in [6.45, 7) is 0. The summed E-state index contributed by atoms with van der Waals surface area (Å²) in [5.74, 6) is 0. The second kappa shape index (κ2) is 2.41. The van der Waals surface area contributed by atoms with Crippen molar-refractivity contribution in [1.29, 1.82) is 0 Å². The SMILES string of the molecule is O=CC1=CC=CC2=NC(=O)NC12. The Morgan fingerprint density at radius 1 is 1.58 bits per heavy atom. The fourth-order valence-electron chi connectivity index (χ4n) is 1.26. The summed E-state index contributed by atoms with van der Waals surface area (Å²) in [7, 11) is 0. The van der Waals surface area contributed by atoms with Crippen molar-refractivity contribution in [3.8, 4) is 0 Å². The van der Waals surface area contributed by atoms with E-state index in [0.29, 0.717) is 11.3 Å². The summed E-state index contributed by atoms with van der Waals surface area (Å²) < 4.78 is 0. The molecular formula is C8H6N2O2. The third-order valence-electron chi connectivity index (χ3n) is 1.82. The maximum absolute atomic E-state index is 10.8. The van der Waals surface area contributed by atoms with Gasteiger partial charge in [-0.25, -0.2) is 4.79 Å². The number of hydrogen-bond donors (Lipinski definition) is 1. The number of nitrogens with one attached hydrogen (secondary N) is 1. The van der Waals surface area contributed by atoms with Crippen LogP contribution in [0.1, 0.15) is 0 Å². The van der Waals surface area contributed by atoms with E-state index in [9.17, 15) is 9.59 Å². The molecule has 1 N–H and O–H groups in total. The van der Waals surface area contributed by atoms with E-state index in [1.807, 2.05) is 0 Å². The van der Waals surface area contributed by atoms with Crippen molar-refractivity contribution in [3.05, 3.63) is 23.8 Å². The lowest BCUT2D eigenvalue weighted by Crippen LogP contribution is -2.34. The molecule has 0 saturated heterocycles. The van der Waals surface area contributed by atoms with Crippen LogP contribution >= 0.6 is 0 Å². The molecule has 0 aromatic rings. The van der Waals surface area contributed by atoms with E-state index in [4.69, 9.17) is 0 Å². The Bertz CT molecular complexity index is 337. The van der Waals surface area contributed by atoms with Crippen molar-refractivity contribution in [2.24, 2.45) is 4.99 Å². The van der Waals surface area contributed by atoms with Crippen molar-refractivity contribution in [2.75, 3.05) is 0 Å². The first kappa shape index (κ1) is 6.97. The predicted octanol–water partition coefficient (Wildman–Crippen LogP) is 0.214. The van der Waals surface area contributed by atoms with Gasteiger partial charge in [0.2, 0.25) is 0 Å². The molecule has 1 unspecified atom stereocenters. The van der Waals surface area contributed by atoms with Crippen LogP contribution in [-0.2, 0) is 4.79 Å². The molecule has 2 aliphatic rings. The summed E-state index contributed by atoms with van der Waals surface area (Å²) in [6.07, 6.45) is 5.83. The lowest BCUT2D eigenvalue weighted by atomic mass is 9.99. The van der Waals surface area contributed by atoms with Crippen molar-refractivity contribution < 1.29 is 9.59 Å². The monoisotopic (exact) mass is 162 g/mol. The van der Waals surface area contributed by atoms with Gasteiger partial charge >= 0.3 is 6.03 Å². The van der Waals surface area contributed by atoms with E-state index < -0.39 is 0 Å². The number of rotatable bonds is 1. The van der Waals surface area contributed by atoms with Gasteiger partial charge in [-0.05, 0) is 6.08 Å². The normalized spacial score (nSPS) is 25.7. The number of urea groups is 1. The Hall–Kier alpha value is -1.71. The first-order chi connectivity index (χ1) is 5.81. The van der Waals surface area contributed by atoms with Crippen molar-refractivity contribution in [1.82, 2.24) is 5.32 Å². The second-order valence-electron chi connectivity index (χ2n) is 2.56. The third-order valence-corrected chi connectivity index (χ3v) is 1.82. The fraction of sp³-hybridized carbons (Fsp3) is 0.125. The molecule has 1 atom stereocenters. The van der Waals surface area contributed by atoms with Crippen LogP contribution in [0, 0.1) is 0 Å². The maximum atomic E-state index is 10.8. The van der Waals surface area contributed by atoms with Gasteiger partial charge in [-0.3, -0.25) is 4.79 Å². The lowest BCUT2D eigenvalue weighted by Gasteiger charge is -2.12. The van der Waals surface area contributed by atoms with E-state index in [1.165, 1.54) is 0 Å². The largest absolute Gasteiger partial charge is 0.342 e. The van der Waals surface area contributed by atoms with Crippen LogP contribution in [0.3, 0.4) is 0 Å². The molecule has 1 aliphatic heterocycles. The van der Waals surface area contributed by atoms with Crippen LogP contribution in [0.15, 0.2) is 28.8 Å². The van der Waals surface area contributed by atoms with Crippen molar-refractivity contribution in [2.45, 2.75) is 6.04 Å². The van der Waals surface area contributed by atoms with E-state index in [0.717, 1.165) is 6.29 Å². The van der Waals surface area contributed by atoms with E-state index in [1.54, 1.807) is 18.2 Å². The zero-order valence-corrected chi connectivity index (χ0v) is 6.15. The molecule has 1 heterocycles. The average molecular weight is 162 g/mol. The molecule has 0 radical (unpaired) electrons. The zero-order chi connectivity index (χ0) is 8.55. The van der Waals surface area contributed by atoms with Gasteiger partial charge in [0.05, 0.1) is 5.71 Å². The van der Waals surface area contributed by atoms with Gasteiger partial charge in [0.15, 0.2) is 0 Å². The minimum Gasteiger partial charge on any atom is -0.324 e.